The molecule has 3 aromatic rings. The van der Waals surface area contributed by atoms with E-state index in [1.165, 1.54) is 0 Å². The number of carbonyl (C=O) groups is 2. The summed E-state index contributed by atoms with van der Waals surface area (Å²) in [4.78, 5) is 25.8. The Kier molecular flexibility index (Phi) is 7.44. The van der Waals surface area contributed by atoms with Crippen LogP contribution in [-0.4, -0.2) is 17.9 Å². The van der Waals surface area contributed by atoms with E-state index in [-0.39, 0.29) is 17.9 Å². The zero-order valence-electron chi connectivity index (χ0n) is 18.1. The molecular formula is C26H28N2O3. The van der Waals surface area contributed by atoms with Crippen LogP contribution in [0.4, 0.5) is 5.69 Å². The third kappa shape index (κ3) is 5.95. The molecule has 0 spiro atoms. The van der Waals surface area contributed by atoms with E-state index in [2.05, 4.69) is 10.6 Å². The summed E-state index contributed by atoms with van der Waals surface area (Å²) in [5, 5.41) is 5.86. The first-order valence-electron chi connectivity index (χ1n) is 10.5. The van der Waals surface area contributed by atoms with E-state index >= 15 is 0 Å². The van der Waals surface area contributed by atoms with Crippen molar-refractivity contribution >= 4 is 17.5 Å². The summed E-state index contributed by atoms with van der Waals surface area (Å²) >= 11 is 0. The maximum atomic E-state index is 12.9. The smallest absolute Gasteiger partial charge is 0.265 e. The molecule has 5 heteroatoms. The largest absolute Gasteiger partial charge is 0.481 e. The lowest BCUT2D eigenvalue weighted by Crippen LogP contribution is -2.34. The Morgan fingerprint density at radius 2 is 1.65 bits per heavy atom. The lowest BCUT2D eigenvalue weighted by molar-refractivity contribution is -0.122. The number of hydrogen-bond acceptors (Lipinski definition) is 3. The highest BCUT2D eigenvalue weighted by Gasteiger charge is 2.21. The Morgan fingerprint density at radius 1 is 0.935 bits per heavy atom. The first-order valence-corrected chi connectivity index (χ1v) is 10.5. The second-order valence-electron chi connectivity index (χ2n) is 7.47. The first kappa shape index (κ1) is 22.1. The van der Waals surface area contributed by atoms with Crippen molar-refractivity contribution < 1.29 is 14.3 Å². The first-order chi connectivity index (χ1) is 15.0. The Balaban J connectivity index is 1.71. The molecule has 0 saturated carbocycles. The Labute approximate surface area is 183 Å². The summed E-state index contributed by atoms with van der Waals surface area (Å²) in [6, 6.07) is 24.1. The number of nitrogens with one attached hydrogen (secondary N) is 2. The standard InChI is InChI=1S/C26H28N2O3/c1-4-24(31-21-14-10-11-18(2)17-21)26(30)28-23-16-9-8-15-22(23)25(29)27-19(3)20-12-6-5-7-13-20/h5-17,19,24H,4H2,1-3H3,(H,27,29)(H,28,30). The van der Waals surface area contributed by atoms with E-state index < -0.39 is 6.10 Å². The van der Waals surface area contributed by atoms with Crippen molar-refractivity contribution in [3.8, 4) is 5.75 Å². The number of rotatable bonds is 8. The van der Waals surface area contributed by atoms with Crippen molar-refractivity contribution in [2.24, 2.45) is 0 Å². The van der Waals surface area contributed by atoms with Gasteiger partial charge in [-0.1, -0.05) is 61.5 Å². The molecular weight excluding hydrogens is 388 g/mol. The minimum atomic E-state index is -0.666. The monoisotopic (exact) mass is 416 g/mol. The summed E-state index contributed by atoms with van der Waals surface area (Å²) in [6.45, 7) is 5.79. The van der Waals surface area contributed by atoms with E-state index in [1.807, 2.05) is 75.4 Å². The van der Waals surface area contributed by atoms with Crippen LogP contribution >= 0.6 is 0 Å². The van der Waals surface area contributed by atoms with Crippen LogP contribution < -0.4 is 15.4 Å². The quantitative estimate of drug-likeness (QED) is 0.525. The highest BCUT2D eigenvalue weighted by molar-refractivity contribution is 6.04. The fraction of sp³-hybridized carbons (Fsp3) is 0.231. The van der Waals surface area contributed by atoms with Gasteiger partial charge in [0.15, 0.2) is 6.10 Å². The Morgan fingerprint density at radius 3 is 2.35 bits per heavy atom. The van der Waals surface area contributed by atoms with Crippen LogP contribution in [0.15, 0.2) is 78.9 Å². The third-order valence-corrected chi connectivity index (χ3v) is 5.01. The molecule has 2 amide bonds. The summed E-state index contributed by atoms with van der Waals surface area (Å²) in [7, 11) is 0. The van der Waals surface area contributed by atoms with Crippen LogP contribution in [0.2, 0.25) is 0 Å². The molecule has 0 aliphatic heterocycles. The second kappa shape index (κ2) is 10.4. The van der Waals surface area contributed by atoms with Crippen molar-refractivity contribution in [2.45, 2.75) is 39.3 Å². The van der Waals surface area contributed by atoms with Gasteiger partial charge in [0, 0.05) is 0 Å². The normalized spacial score (nSPS) is 12.5. The Hall–Kier alpha value is -3.60. The van der Waals surface area contributed by atoms with Gasteiger partial charge >= 0.3 is 0 Å². The van der Waals surface area contributed by atoms with Crippen molar-refractivity contribution in [2.75, 3.05) is 5.32 Å². The van der Waals surface area contributed by atoms with Crippen LogP contribution in [-0.2, 0) is 4.79 Å². The Bertz CT molecular complexity index is 1030. The average Bonchev–Trinajstić information content (AvgIpc) is 2.78. The number of benzene rings is 3. The molecule has 0 saturated heterocycles. The van der Waals surface area contributed by atoms with E-state index in [0.717, 1.165) is 11.1 Å². The zero-order valence-corrected chi connectivity index (χ0v) is 18.1. The van der Waals surface area contributed by atoms with Gasteiger partial charge in [-0.05, 0) is 55.7 Å². The van der Waals surface area contributed by atoms with Crippen molar-refractivity contribution in [3.05, 3.63) is 95.6 Å². The van der Waals surface area contributed by atoms with E-state index in [9.17, 15) is 9.59 Å². The number of anilines is 1. The summed E-state index contributed by atoms with van der Waals surface area (Å²) in [5.41, 5.74) is 2.93. The van der Waals surface area contributed by atoms with Crippen LogP contribution in [0, 0.1) is 6.92 Å². The molecule has 0 aromatic heterocycles. The van der Waals surface area contributed by atoms with Crippen LogP contribution in [0.3, 0.4) is 0 Å². The molecule has 3 aromatic carbocycles. The topological polar surface area (TPSA) is 67.4 Å². The maximum Gasteiger partial charge on any atom is 0.265 e. The van der Waals surface area contributed by atoms with Crippen LogP contribution in [0.1, 0.15) is 47.8 Å². The fourth-order valence-corrected chi connectivity index (χ4v) is 3.28. The summed E-state index contributed by atoms with van der Waals surface area (Å²) in [6.07, 6.45) is -0.166. The molecule has 5 nitrogen and oxygen atoms in total. The SMILES string of the molecule is CCC(Oc1cccc(C)c1)C(=O)Nc1ccccc1C(=O)NC(C)c1ccccc1. The predicted molar refractivity (Wildman–Crippen MR) is 123 cm³/mol. The molecule has 160 valence electrons. The summed E-state index contributed by atoms with van der Waals surface area (Å²) in [5.74, 6) is 0.102. The highest BCUT2D eigenvalue weighted by Crippen LogP contribution is 2.20. The van der Waals surface area contributed by atoms with Gasteiger partial charge in [-0.3, -0.25) is 9.59 Å². The van der Waals surface area contributed by atoms with Gasteiger partial charge in [0.25, 0.3) is 11.8 Å². The van der Waals surface area contributed by atoms with Gasteiger partial charge in [-0.25, -0.2) is 0 Å². The highest BCUT2D eigenvalue weighted by atomic mass is 16.5. The molecule has 31 heavy (non-hydrogen) atoms. The van der Waals surface area contributed by atoms with Gasteiger partial charge < -0.3 is 15.4 Å². The third-order valence-electron chi connectivity index (χ3n) is 5.01. The lowest BCUT2D eigenvalue weighted by Gasteiger charge is -2.19. The average molecular weight is 417 g/mol. The van der Waals surface area contributed by atoms with E-state index in [0.29, 0.717) is 23.4 Å². The number of aryl methyl sites for hydroxylation is 1. The molecule has 0 radical (unpaired) electrons. The molecule has 2 N–H and O–H groups in total. The number of ether oxygens (including phenoxy) is 1. The van der Waals surface area contributed by atoms with E-state index in [4.69, 9.17) is 4.74 Å². The summed E-state index contributed by atoms with van der Waals surface area (Å²) < 4.78 is 5.89. The number of para-hydroxylation sites is 1. The van der Waals surface area contributed by atoms with E-state index in [1.54, 1.807) is 24.3 Å². The number of hydrogen-bond donors (Lipinski definition) is 2. The van der Waals surface area contributed by atoms with Gasteiger partial charge in [0.2, 0.25) is 0 Å². The van der Waals surface area contributed by atoms with Crippen LogP contribution in [0.5, 0.6) is 5.75 Å². The molecule has 3 rings (SSSR count). The minimum Gasteiger partial charge on any atom is -0.481 e. The van der Waals surface area contributed by atoms with Gasteiger partial charge in [0.05, 0.1) is 17.3 Å². The molecule has 2 unspecified atom stereocenters. The maximum absolute atomic E-state index is 12.9. The minimum absolute atomic E-state index is 0.162. The van der Waals surface area contributed by atoms with Crippen LogP contribution in [0.25, 0.3) is 0 Å². The molecule has 2 atom stereocenters. The lowest BCUT2D eigenvalue weighted by atomic mass is 10.1. The van der Waals surface area contributed by atoms with Gasteiger partial charge in [0.1, 0.15) is 5.75 Å². The van der Waals surface area contributed by atoms with Crippen molar-refractivity contribution in [3.63, 3.8) is 0 Å². The zero-order chi connectivity index (χ0) is 22.2. The van der Waals surface area contributed by atoms with Gasteiger partial charge in [-0.15, -0.1) is 0 Å². The molecule has 0 aliphatic rings. The molecule has 0 aliphatic carbocycles. The predicted octanol–water partition coefficient (Wildman–Crippen LogP) is 5.28. The van der Waals surface area contributed by atoms with Gasteiger partial charge in [-0.2, -0.15) is 0 Å². The molecule has 0 heterocycles. The molecule has 0 fully saturated rings. The van der Waals surface area contributed by atoms with Crippen molar-refractivity contribution in [1.82, 2.24) is 5.32 Å². The van der Waals surface area contributed by atoms with Crippen molar-refractivity contribution in [1.29, 1.82) is 0 Å². The number of amides is 2. The molecule has 0 bridgehead atoms. The fourth-order valence-electron chi connectivity index (χ4n) is 3.28. The number of carbonyl (C=O) groups excluding carboxylic acids is 2. The second-order valence-corrected chi connectivity index (χ2v) is 7.47.